The zero-order valence-corrected chi connectivity index (χ0v) is 15.0. The van der Waals surface area contributed by atoms with E-state index in [0.717, 1.165) is 35.2 Å². The summed E-state index contributed by atoms with van der Waals surface area (Å²) in [5.41, 5.74) is 0.837. The van der Waals surface area contributed by atoms with Crippen LogP contribution in [0.5, 0.6) is 0 Å². The van der Waals surface area contributed by atoms with Crippen molar-refractivity contribution in [2.75, 3.05) is 5.75 Å². The van der Waals surface area contributed by atoms with Crippen LogP contribution in [-0.4, -0.2) is 33.7 Å². The second kappa shape index (κ2) is 8.29. The van der Waals surface area contributed by atoms with Crippen LogP contribution in [0.25, 0.3) is 10.9 Å². The van der Waals surface area contributed by atoms with E-state index in [9.17, 15) is 9.59 Å². The minimum atomic E-state index is -0.406. The molecule has 6 nitrogen and oxygen atoms in total. The minimum Gasteiger partial charge on any atom is -0.335 e. The molecule has 1 aliphatic carbocycles. The number of carbonyl (C=O) groups is 2. The molecule has 1 aromatic carbocycles. The molecule has 1 aromatic heterocycles. The van der Waals surface area contributed by atoms with Gasteiger partial charge in [-0.15, -0.1) is 0 Å². The summed E-state index contributed by atoms with van der Waals surface area (Å²) in [5.74, 6) is 0.263. The molecule has 0 spiro atoms. The highest BCUT2D eigenvalue weighted by Gasteiger charge is 2.23. The summed E-state index contributed by atoms with van der Waals surface area (Å²) in [6.07, 6.45) is 5.92. The summed E-state index contributed by atoms with van der Waals surface area (Å²) in [4.78, 5) is 32.5. The van der Waals surface area contributed by atoms with E-state index in [1.165, 1.54) is 24.5 Å². The lowest BCUT2D eigenvalue weighted by molar-refractivity contribution is -0.117. The van der Waals surface area contributed by atoms with Crippen molar-refractivity contribution < 1.29 is 9.59 Å². The van der Waals surface area contributed by atoms with Crippen molar-refractivity contribution in [3.63, 3.8) is 0 Å². The molecule has 132 valence electrons. The van der Waals surface area contributed by atoms with Crippen LogP contribution in [0.15, 0.2) is 35.6 Å². The molecule has 0 saturated heterocycles. The summed E-state index contributed by atoms with van der Waals surface area (Å²) in [6, 6.07) is 7.39. The first-order valence-electron chi connectivity index (χ1n) is 8.56. The third kappa shape index (κ3) is 4.69. The number of carbonyl (C=O) groups excluding carboxylic acids is 2. The Balaban J connectivity index is 1.51. The zero-order chi connectivity index (χ0) is 17.6. The maximum absolute atomic E-state index is 12.0. The average Bonchev–Trinajstić information content (AvgIpc) is 2.62. The molecule has 7 heteroatoms. The van der Waals surface area contributed by atoms with Gasteiger partial charge in [0.25, 0.3) is 0 Å². The third-order valence-corrected chi connectivity index (χ3v) is 5.53. The Labute approximate surface area is 151 Å². The van der Waals surface area contributed by atoms with E-state index in [2.05, 4.69) is 27.5 Å². The van der Waals surface area contributed by atoms with E-state index in [1.54, 1.807) is 0 Å². The molecule has 2 atom stereocenters. The van der Waals surface area contributed by atoms with Crippen LogP contribution in [-0.2, 0) is 4.79 Å². The zero-order valence-electron chi connectivity index (χ0n) is 14.2. The number of imide groups is 1. The second-order valence-corrected chi connectivity index (χ2v) is 7.34. The highest BCUT2D eigenvalue weighted by molar-refractivity contribution is 8.00. The molecule has 3 rings (SSSR count). The van der Waals surface area contributed by atoms with Crippen LogP contribution < -0.4 is 10.6 Å². The van der Waals surface area contributed by atoms with E-state index in [1.807, 2.05) is 24.3 Å². The van der Waals surface area contributed by atoms with E-state index >= 15 is 0 Å². The van der Waals surface area contributed by atoms with Gasteiger partial charge in [-0.3, -0.25) is 10.1 Å². The first-order valence-corrected chi connectivity index (χ1v) is 9.55. The Morgan fingerprint density at radius 2 is 2.00 bits per heavy atom. The smallest absolute Gasteiger partial charge is 0.321 e. The molecule has 1 heterocycles. The number of nitrogens with one attached hydrogen (secondary N) is 2. The van der Waals surface area contributed by atoms with Crippen molar-refractivity contribution in [2.45, 2.75) is 43.7 Å². The predicted molar refractivity (Wildman–Crippen MR) is 98.4 cm³/mol. The Morgan fingerprint density at radius 3 is 2.84 bits per heavy atom. The van der Waals surface area contributed by atoms with Crippen molar-refractivity contribution >= 4 is 34.6 Å². The number of thioether (sulfide) groups is 1. The van der Waals surface area contributed by atoms with Crippen molar-refractivity contribution in [1.29, 1.82) is 0 Å². The maximum Gasteiger partial charge on any atom is 0.321 e. The Kier molecular flexibility index (Phi) is 5.86. The van der Waals surface area contributed by atoms with Gasteiger partial charge in [-0.2, -0.15) is 0 Å². The average molecular weight is 358 g/mol. The monoisotopic (exact) mass is 358 g/mol. The SMILES string of the molecule is CC1CCCCC1NC(=O)NC(=O)CSc1ncnc2ccccc12. The molecule has 3 amide bonds. The van der Waals surface area contributed by atoms with Crippen LogP contribution in [0.3, 0.4) is 0 Å². The Bertz CT molecular complexity index is 762. The molecule has 1 aliphatic rings. The number of fused-ring (bicyclic) bond motifs is 1. The molecule has 2 N–H and O–H groups in total. The van der Waals surface area contributed by atoms with Gasteiger partial charge in [-0.25, -0.2) is 14.8 Å². The van der Waals surface area contributed by atoms with Crippen LogP contribution >= 0.6 is 11.8 Å². The number of hydrogen-bond donors (Lipinski definition) is 2. The van der Waals surface area contributed by atoms with Crippen molar-refractivity contribution in [3.8, 4) is 0 Å². The minimum absolute atomic E-state index is 0.134. The third-order valence-electron chi connectivity index (χ3n) is 4.53. The maximum atomic E-state index is 12.0. The van der Waals surface area contributed by atoms with Gasteiger partial charge in [0, 0.05) is 11.4 Å². The van der Waals surface area contributed by atoms with E-state index < -0.39 is 6.03 Å². The number of para-hydroxylation sites is 1. The summed E-state index contributed by atoms with van der Waals surface area (Å²) >= 11 is 1.30. The summed E-state index contributed by atoms with van der Waals surface area (Å²) in [5, 5.41) is 6.98. The van der Waals surface area contributed by atoms with Gasteiger partial charge in [-0.05, 0) is 24.8 Å². The van der Waals surface area contributed by atoms with Crippen molar-refractivity contribution in [1.82, 2.24) is 20.6 Å². The number of benzene rings is 1. The number of urea groups is 1. The van der Waals surface area contributed by atoms with E-state index in [4.69, 9.17) is 0 Å². The van der Waals surface area contributed by atoms with Crippen LogP contribution in [0.2, 0.25) is 0 Å². The highest BCUT2D eigenvalue weighted by atomic mass is 32.2. The Morgan fingerprint density at radius 1 is 1.20 bits per heavy atom. The summed E-state index contributed by atoms with van der Waals surface area (Å²) < 4.78 is 0. The highest BCUT2D eigenvalue weighted by Crippen LogP contribution is 2.24. The molecular weight excluding hydrogens is 336 g/mol. The molecular formula is C18H22N4O2S. The van der Waals surface area contributed by atoms with Gasteiger partial charge in [0.05, 0.1) is 11.3 Å². The molecule has 2 aromatic rings. The summed E-state index contributed by atoms with van der Waals surface area (Å²) in [6.45, 7) is 2.14. The topological polar surface area (TPSA) is 84.0 Å². The lowest BCUT2D eigenvalue weighted by Crippen LogP contribution is -2.48. The molecule has 25 heavy (non-hydrogen) atoms. The van der Waals surface area contributed by atoms with Gasteiger partial charge in [0.15, 0.2) is 0 Å². The fraction of sp³-hybridized carbons (Fsp3) is 0.444. The second-order valence-electron chi connectivity index (χ2n) is 6.37. The van der Waals surface area contributed by atoms with Crippen molar-refractivity contribution in [3.05, 3.63) is 30.6 Å². The predicted octanol–water partition coefficient (Wildman–Crippen LogP) is 3.13. The molecule has 0 bridgehead atoms. The molecule has 0 radical (unpaired) electrons. The van der Waals surface area contributed by atoms with E-state index in [0.29, 0.717) is 5.92 Å². The fourth-order valence-corrected chi connectivity index (χ4v) is 3.92. The molecule has 0 aliphatic heterocycles. The van der Waals surface area contributed by atoms with Gasteiger partial charge >= 0.3 is 6.03 Å². The van der Waals surface area contributed by atoms with Crippen LogP contribution in [0, 0.1) is 5.92 Å². The normalized spacial score (nSPS) is 20.2. The number of nitrogens with zero attached hydrogens (tertiary/aromatic N) is 2. The van der Waals surface area contributed by atoms with E-state index in [-0.39, 0.29) is 17.7 Å². The lowest BCUT2D eigenvalue weighted by atomic mass is 9.86. The fourth-order valence-electron chi connectivity index (χ4n) is 3.13. The van der Waals surface area contributed by atoms with Crippen LogP contribution in [0.1, 0.15) is 32.6 Å². The van der Waals surface area contributed by atoms with Gasteiger partial charge < -0.3 is 5.32 Å². The number of rotatable bonds is 4. The van der Waals surface area contributed by atoms with Crippen LogP contribution in [0.4, 0.5) is 4.79 Å². The Hall–Kier alpha value is -2.15. The molecule has 1 fully saturated rings. The van der Waals surface area contributed by atoms with Gasteiger partial charge in [0.1, 0.15) is 11.4 Å². The first kappa shape index (κ1) is 17.7. The first-order chi connectivity index (χ1) is 12.1. The quantitative estimate of drug-likeness (QED) is 0.648. The molecule has 2 unspecified atom stereocenters. The lowest BCUT2D eigenvalue weighted by Gasteiger charge is -2.29. The van der Waals surface area contributed by atoms with Gasteiger partial charge in [-0.1, -0.05) is 49.7 Å². The van der Waals surface area contributed by atoms with Gasteiger partial charge in [0.2, 0.25) is 5.91 Å². The molecule has 1 saturated carbocycles. The standard InChI is InChI=1S/C18H22N4O2S/c1-12-6-2-4-8-14(12)21-18(24)22-16(23)10-25-17-13-7-3-5-9-15(13)19-11-20-17/h3,5,7,9,11-12,14H,2,4,6,8,10H2,1H3,(H2,21,22,23,24). The number of hydrogen-bond acceptors (Lipinski definition) is 5. The van der Waals surface area contributed by atoms with Crippen molar-refractivity contribution in [2.24, 2.45) is 5.92 Å². The summed E-state index contributed by atoms with van der Waals surface area (Å²) in [7, 11) is 0. The number of aromatic nitrogens is 2. The largest absolute Gasteiger partial charge is 0.335 e. The number of amides is 3.